The van der Waals surface area contributed by atoms with Crippen LogP contribution in [0.25, 0.3) is 0 Å². The molecule has 8 heteroatoms. The zero-order chi connectivity index (χ0) is 15.3. The monoisotopic (exact) mass is 301 g/mol. The van der Waals surface area contributed by atoms with E-state index in [0.717, 1.165) is 0 Å². The summed E-state index contributed by atoms with van der Waals surface area (Å²) in [4.78, 5) is 36.9. The van der Waals surface area contributed by atoms with Crippen molar-refractivity contribution in [1.82, 2.24) is 15.5 Å². The van der Waals surface area contributed by atoms with Crippen molar-refractivity contribution in [2.45, 2.75) is 43.6 Å². The summed E-state index contributed by atoms with van der Waals surface area (Å²) in [6.07, 6.45) is 0.181. The highest BCUT2D eigenvalue weighted by Gasteiger charge is 2.52. The van der Waals surface area contributed by atoms with Crippen LogP contribution in [-0.4, -0.2) is 47.3 Å². The van der Waals surface area contributed by atoms with Gasteiger partial charge in [-0.1, -0.05) is 0 Å². The summed E-state index contributed by atoms with van der Waals surface area (Å²) in [5, 5.41) is 4.74. The third-order valence-corrected chi connectivity index (χ3v) is 4.66. The van der Waals surface area contributed by atoms with Crippen molar-refractivity contribution in [1.29, 1.82) is 0 Å². The van der Waals surface area contributed by atoms with Gasteiger partial charge in [-0.3, -0.25) is 14.9 Å². The average Bonchev–Trinajstić information content (AvgIpc) is 2.94. The Bertz CT molecular complexity index is 501. The summed E-state index contributed by atoms with van der Waals surface area (Å²) in [6, 6.07) is -0.549. The van der Waals surface area contributed by atoms with Crippen molar-refractivity contribution in [2.75, 3.05) is 13.1 Å². The summed E-state index contributed by atoms with van der Waals surface area (Å²) in [5.74, 6) is -3.67. The standard InChI is InChI=1S/C13H17F2N3O3/c14-13(15)3-1-8(2-4-13)9(19)18-6-5-12(7-18)10(20)16-11(21)17-12/h8H,1-7H2,(H2,16,17,20,21). The molecule has 116 valence electrons. The maximum absolute atomic E-state index is 13.1. The fraction of sp³-hybridized carbons (Fsp3) is 0.769. The molecule has 0 aromatic rings. The van der Waals surface area contributed by atoms with Crippen molar-refractivity contribution in [3.8, 4) is 0 Å². The van der Waals surface area contributed by atoms with Crippen molar-refractivity contribution >= 4 is 17.8 Å². The molecule has 2 saturated heterocycles. The summed E-state index contributed by atoms with van der Waals surface area (Å²) in [6.45, 7) is 0.482. The molecule has 2 heterocycles. The van der Waals surface area contributed by atoms with Crippen LogP contribution in [0, 0.1) is 5.92 Å². The van der Waals surface area contributed by atoms with E-state index >= 15 is 0 Å². The summed E-state index contributed by atoms with van der Waals surface area (Å²) < 4.78 is 26.3. The van der Waals surface area contributed by atoms with Crippen LogP contribution in [0.5, 0.6) is 0 Å². The first-order valence-corrected chi connectivity index (χ1v) is 7.12. The second-order valence-electron chi connectivity index (χ2n) is 6.13. The number of halogens is 2. The Hall–Kier alpha value is -1.73. The smallest absolute Gasteiger partial charge is 0.322 e. The molecule has 3 fully saturated rings. The third kappa shape index (κ3) is 2.47. The van der Waals surface area contributed by atoms with Crippen LogP contribution in [0.4, 0.5) is 13.6 Å². The van der Waals surface area contributed by atoms with Gasteiger partial charge < -0.3 is 10.2 Å². The molecule has 0 radical (unpaired) electrons. The minimum absolute atomic E-state index is 0.121. The molecule has 1 spiro atoms. The molecule has 1 aliphatic carbocycles. The number of hydrogen-bond donors (Lipinski definition) is 2. The number of carbonyl (C=O) groups excluding carboxylic acids is 3. The number of nitrogens with zero attached hydrogens (tertiary/aromatic N) is 1. The lowest BCUT2D eigenvalue weighted by Crippen LogP contribution is -2.50. The number of nitrogens with one attached hydrogen (secondary N) is 2. The maximum atomic E-state index is 13.1. The van der Waals surface area contributed by atoms with Gasteiger partial charge in [-0.05, 0) is 19.3 Å². The van der Waals surface area contributed by atoms with Gasteiger partial charge in [0.05, 0.1) is 6.54 Å². The van der Waals surface area contributed by atoms with Crippen molar-refractivity contribution in [3.63, 3.8) is 0 Å². The second kappa shape index (κ2) is 4.64. The van der Waals surface area contributed by atoms with Gasteiger partial charge in [0.25, 0.3) is 5.91 Å². The number of rotatable bonds is 1. The lowest BCUT2D eigenvalue weighted by molar-refractivity contribution is -0.139. The molecule has 0 aromatic heterocycles. The van der Waals surface area contributed by atoms with Crippen molar-refractivity contribution < 1.29 is 23.2 Å². The zero-order valence-electron chi connectivity index (χ0n) is 11.5. The highest BCUT2D eigenvalue weighted by Crippen LogP contribution is 2.37. The van der Waals surface area contributed by atoms with Gasteiger partial charge in [0.1, 0.15) is 5.54 Å². The first kappa shape index (κ1) is 14.2. The molecule has 3 aliphatic rings. The minimum Gasteiger partial charge on any atom is -0.339 e. The highest BCUT2D eigenvalue weighted by molar-refractivity contribution is 6.07. The molecule has 4 amide bonds. The van der Waals surface area contributed by atoms with E-state index in [1.807, 2.05) is 0 Å². The van der Waals surface area contributed by atoms with Crippen LogP contribution in [-0.2, 0) is 9.59 Å². The number of hydrogen-bond acceptors (Lipinski definition) is 3. The molecule has 6 nitrogen and oxygen atoms in total. The Morgan fingerprint density at radius 1 is 1.19 bits per heavy atom. The lowest BCUT2D eigenvalue weighted by Gasteiger charge is -2.30. The zero-order valence-corrected chi connectivity index (χ0v) is 11.5. The molecule has 1 unspecified atom stereocenters. The average molecular weight is 301 g/mol. The van der Waals surface area contributed by atoms with Gasteiger partial charge in [-0.25, -0.2) is 13.6 Å². The summed E-state index contributed by atoms with van der Waals surface area (Å²) >= 11 is 0. The molecule has 2 N–H and O–H groups in total. The van der Waals surface area contributed by atoms with Crippen LogP contribution >= 0.6 is 0 Å². The largest absolute Gasteiger partial charge is 0.339 e. The van der Waals surface area contributed by atoms with E-state index in [1.165, 1.54) is 4.90 Å². The fourth-order valence-corrected chi connectivity index (χ4v) is 3.36. The Morgan fingerprint density at radius 3 is 2.43 bits per heavy atom. The number of likely N-dealkylation sites (tertiary alicyclic amines) is 1. The number of urea groups is 1. The number of alkyl halides is 2. The Labute approximate surface area is 120 Å². The van der Waals surface area contributed by atoms with Gasteiger partial charge in [0.2, 0.25) is 11.8 Å². The van der Waals surface area contributed by atoms with E-state index in [4.69, 9.17) is 0 Å². The molecular weight excluding hydrogens is 284 g/mol. The lowest BCUT2D eigenvalue weighted by atomic mass is 9.86. The molecule has 1 saturated carbocycles. The molecule has 21 heavy (non-hydrogen) atoms. The topological polar surface area (TPSA) is 78.5 Å². The second-order valence-corrected chi connectivity index (χ2v) is 6.13. The molecular formula is C13H17F2N3O3. The predicted octanol–water partition coefficient (Wildman–Crippen LogP) is 0.622. The number of carbonyl (C=O) groups is 3. The van der Waals surface area contributed by atoms with Crippen LogP contribution in [0.3, 0.4) is 0 Å². The van der Waals surface area contributed by atoms with E-state index in [0.29, 0.717) is 13.0 Å². The van der Waals surface area contributed by atoms with Crippen LogP contribution in [0.1, 0.15) is 32.1 Å². The van der Waals surface area contributed by atoms with E-state index in [-0.39, 0.29) is 38.1 Å². The van der Waals surface area contributed by atoms with E-state index in [2.05, 4.69) is 10.6 Å². The highest BCUT2D eigenvalue weighted by atomic mass is 19.3. The Kier molecular flexibility index (Phi) is 3.14. The minimum atomic E-state index is -2.66. The van der Waals surface area contributed by atoms with Crippen molar-refractivity contribution in [2.24, 2.45) is 5.92 Å². The molecule has 0 bridgehead atoms. The van der Waals surface area contributed by atoms with Crippen LogP contribution < -0.4 is 10.6 Å². The van der Waals surface area contributed by atoms with Crippen molar-refractivity contribution in [3.05, 3.63) is 0 Å². The van der Waals surface area contributed by atoms with E-state index < -0.39 is 29.3 Å². The van der Waals surface area contributed by atoms with E-state index in [1.54, 1.807) is 0 Å². The van der Waals surface area contributed by atoms with Gasteiger partial charge in [-0.2, -0.15) is 0 Å². The van der Waals surface area contributed by atoms with Gasteiger partial charge in [0.15, 0.2) is 0 Å². The molecule has 2 aliphatic heterocycles. The first-order chi connectivity index (χ1) is 9.81. The quantitative estimate of drug-likeness (QED) is 0.697. The third-order valence-electron chi connectivity index (χ3n) is 4.66. The first-order valence-electron chi connectivity index (χ1n) is 7.12. The van der Waals surface area contributed by atoms with Gasteiger partial charge in [0, 0.05) is 25.3 Å². The Balaban J connectivity index is 1.63. The molecule has 1 atom stereocenters. The van der Waals surface area contributed by atoms with Gasteiger partial charge in [-0.15, -0.1) is 0 Å². The Morgan fingerprint density at radius 2 is 1.86 bits per heavy atom. The SMILES string of the molecule is O=C1NC(=O)C2(CCN(C(=O)C3CCC(F)(F)CC3)C2)N1. The molecule has 3 rings (SSSR count). The fourth-order valence-electron chi connectivity index (χ4n) is 3.36. The summed E-state index contributed by atoms with van der Waals surface area (Å²) in [5.41, 5.74) is -1.04. The van der Waals surface area contributed by atoms with Crippen LogP contribution in [0.2, 0.25) is 0 Å². The number of imide groups is 1. The predicted molar refractivity (Wildman–Crippen MR) is 67.5 cm³/mol. The number of amides is 4. The van der Waals surface area contributed by atoms with Gasteiger partial charge >= 0.3 is 6.03 Å². The normalized spacial score (nSPS) is 32.4. The van der Waals surface area contributed by atoms with Crippen LogP contribution in [0.15, 0.2) is 0 Å². The van der Waals surface area contributed by atoms with E-state index in [9.17, 15) is 23.2 Å². The maximum Gasteiger partial charge on any atom is 0.322 e. The summed E-state index contributed by atoms with van der Waals surface area (Å²) in [7, 11) is 0. The molecule has 0 aromatic carbocycles.